The van der Waals surface area contributed by atoms with Gasteiger partial charge in [-0.25, -0.2) is 8.42 Å². The first kappa shape index (κ1) is 34.7. The van der Waals surface area contributed by atoms with Crippen LogP contribution in [0, 0.1) is 38.5 Å². The van der Waals surface area contributed by atoms with Crippen molar-refractivity contribution in [3.63, 3.8) is 0 Å². The molecule has 0 radical (unpaired) electrons. The molecule has 1 fully saturated rings. The number of hydrogen-bond acceptors (Lipinski definition) is 6. The number of carbonyl (C=O) groups excluding carboxylic acids is 3. The predicted molar refractivity (Wildman–Crippen MR) is 161 cm³/mol. The maximum atomic E-state index is 14.0. The zero-order chi connectivity index (χ0) is 31.1. The Morgan fingerprint density at radius 2 is 1.63 bits per heavy atom. The summed E-state index contributed by atoms with van der Waals surface area (Å²) in [6, 6.07) is 2.97. The van der Waals surface area contributed by atoms with Crippen molar-refractivity contribution in [1.29, 1.82) is 0 Å². The van der Waals surface area contributed by atoms with E-state index in [1.54, 1.807) is 20.8 Å². The van der Waals surface area contributed by atoms with Crippen molar-refractivity contribution in [2.45, 2.75) is 110 Å². The van der Waals surface area contributed by atoms with Crippen molar-refractivity contribution in [3.05, 3.63) is 28.8 Å². The molecule has 0 saturated carbocycles. The Morgan fingerprint density at radius 1 is 1.05 bits per heavy atom. The highest BCUT2D eigenvalue weighted by Gasteiger charge is 2.39. The van der Waals surface area contributed by atoms with Crippen LogP contribution in [0.4, 0.5) is 0 Å². The minimum atomic E-state index is -3.83. The number of sulfonamides is 1. The SMILES string of the molecule is CNC(=O)C1CCCCN(S(=O)(=O)c2c(C)cc(C)cc2C)CCC[C@H](C(=O)OC(C)(C)C)C(CC(C)C)C(=O)N1. The summed E-state index contributed by atoms with van der Waals surface area (Å²) >= 11 is 0. The standard InChI is InChI=1S/C31H51N3O6S/c1-20(2)17-25-24(30(37)40-31(6,7)8)13-12-16-34(15-11-10-14-26(29(36)32-9)33-28(25)35)41(38,39)27-22(4)18-21(3)19-23(27)5/h18-20,24-26H,10-17H2,1-9H3,(H,32,36)(H,33,35)/t24-,25?,26?/m0/s1. The summed E-state index contributed by atoms with van der Waals surface area (Å²) in [6.45, 7) is 15.4. The lowest BCUT2D eigenvalue weighted by Gasteiger charge is -2.31. The highest BCUT2D eigenvalue weighted by molar-refractivity contribution is 7.89. The Kier molecular flexibility index (Phi) is 12.4. The van der Waals surface area contributed by atoms with Crippen molar-refractivity contribution in [3.8, 4) is 0 Å². The lowest BCUT2D eigenvalue weighted by atomic mass is 9.81. The molecule has 10 heteroatoms. The van der Waals surface area contributed by atoms with E-state index in [0.29, 0.717) is 48.1 Å². The lowest BCUT2D eigenvalue weighted by molar-refractivity contribution is -0.164. The number of likely N-dealkylation sites (N-methyl/N-ethyl adjacent to an activating group) is 1. The summed E-state index contributed by atoms with van der Waals surface area (Å²) < 4.78 is 35.3. The highest BCUT2D eigenvalue weighted by atomic mass is 32.2. The van der Waals surface area contributed by atoms with Crippen molar-refractivity contribution in [2.24, 2.45) is 17.8 Å². The second kappa shape index (κ2) is 14.6. The van der Waals surface area contributed by atoms with Gasteiger partial charge in [0.2, 0.25) is 21.8 Å². The number of esters is 1. The number of rotatable bonds is 6. The first-order valence-electron chi connectivity index (χ1n) is 14.8. The third-order valence-corrected chi connectivity index (χ3v) is 9.62. The van der Waals surface area contributed by atoms with E-state index in [0.717, 1.165) is 5.56 Å². The summed E-state index contributed by atoms with van der Waals surface area (Å²) in [5.74, 6) is -2.54. The van der Waals surface area contributed by atoms with Crippen molar-refractivity contribution >= 4 is 27.8 Å². The molecule has 1 heterocycles. The van der Waals surface area contributed by atoms with Crippen LogP contribution in [-0.4, -0.2) is 62.3 Å². The molecule has 1 saturated heterocycles. The molecule has 2 rings (SSSR count). The van der Waals surface area contributed by atoms with E-state index in [2.05, 4.69) is 10.6 Å². The molecule has 41 heavy (non-hydrogen) atoms. The van der Waals surface area contributed by atoms with Gasteiger partial charge in [0.25, 0.3) is 0 Å². The molecule has 3 atom stereocenters. The van der Waals surface area contributed by atoms with Crippen LogP contribution in [-0.2, 0) is 29.1 Å². The molecule has 0 aromatic heterocycles. The van der Waals surface area contributed by atoms with Gasteiger partial charge >= 0.3 is 5.97 Å². The lowest BCUT2D eigenvalue weighted by Crippen LogP contribution is -2.50. The maximum Gasteiger partial charge on any atom is 0.310 e. The first-order valence-corrected chi connectivity index (χ1v) is 16.2. The van der Waals surface area contributed by atoms with Gasteiger partial charge in [-0.2, -0.15) is 4.31 Å². The van der Waals surface area contributed by atoms with Crippen LogP contribution in [0.2, 0.25) is 0 Å². The van der Waals surface area contributed by atoms with Crippen LogP contribution in [0.1, 0.15) is 89.8 Å². The van der Waals surface area contributed by atoms with E-state index < -0.39 is 39.5 Å². The van der Waals surface area contributed by atoms with E-state index in [9.17, 15) is 22.8 Å². The number of ether oxygens (including phenoxy) is 1. The summed E-state index contributed by atoms with van der Waals surface area (Å²) in [7, 11) is -2.31. The zero-order valence-electron chi connectivity index (χ0n) is 26.4. The molecule has 1 aliphatic heterocycles. The highest BCUT2D eigenvalue weighted by Crippen LogP contribution is 2.31. The normalized spacial score (nSPS) is 22.2. The summed E-state index contributed by atoms with van der Waals surface area (Å²) in [5.41, 5.74) is 1.64. The van der Waals surface area contributed by atoms with Crippen molar-refractivity contribution < 1.29 is 27.5 Å². The van der Waals surface area contributed by atoms with Gasteiger partial charge in [-0.05, 0) is 97.1 Å². The molecule has 0 aliphatic carbocycles. The number of amides is 2. The van der Waals surface area contributed by atoms with Gasteiger partial charge in [0.05, 0.1) is 16.7 Å². The van der Waals surface area contributed by atoms with Crippen LogP contribution >= 0.6 is 0 Å². The van der Waals surface area contributed by atoms with Gasteiger partial charge in [0.1, 0.15) is 11.6 Å². The quantitative estimate of drug-likeness (QED) is 0.471. The fourth-order valence-electron chi connectivity index (χ4n) is 5.72. The maximum absolute atomic E-state index is 14.0. The number of benzene rings is 1. The Balaban J connectivity index is 2.54. The van der Waals surface area contributed by atoms with E-state index in [1.807, 2.05) is 46.8 Å². The molecule has 2 unspecified atom stereocenters. The average Bonchev–Trinajstić information content (AvgIpc) is 2.83. The van der Waals surface area contributed by atoms with Crippen LogP contribution in [0.3, 0.4) is 0 Å². The van der Waals surface area contributed by atoms with Gasteiger partial charge in [0, 0.05) is 20.1 Å². The molecule has 0 bridgehead atoms. The second-order valence-electron chi connectivity index (χ2n) is 12.8. The van der Waals surface area contributed by atoms with Crippen LogP contribution in [0.25, 0.3) is 0 Å². The smallest absolute Gasteiger partial charge is 0.310 e. The minimum absolute atomic E-state index is 0.106. The van der Waals surface area contributed by atoms with Gasteiger partial charge in [0.15, 0.2) is 0 Å². The molecule has 1 aromatic carbocycles. The summed E-state index contributed by atoms with van der Waals surface area (Å²) in [6.07, 6.45) is 2.52. The summed E-state index contributed by atoms with van der Waals surface area (Å²) in [5, 5.41) is 5.53. The van der Waals surface area contributed by atoms with Crippen LogP contribution in [0.15, 0.2) is 17.0 Å². The first-order chi connectivity index (χ1) is 19.0. The number of carbonyl (C=O) groups is 3. The second-order valence-corrected chi connectivity index (χ2v) is 14.7. The van der Waals surface area contributed by atoms with E-state index in [1.165, 1.54) is 11.4 Å². The van der Waals surface area contributed by atoms with Gasteiger partial charge in [-0.15, -0.1) is 0 Å². The molecule has 9 nitrogen and oxygen atoms in total. The van der Waals surface area contributed by atoms with Gasteiger partial charge in [-0.1, -0.05) is 31.5 Å². The van der Waals surface area contributed by atoms with E-state index >= 15 is 0 Å². The molecule has 2 N–H and O–H groups in total. The van der Waals surface area contributed by atoms with Crippen LogP contribution in [0.5, 0.6) is 0 Å². The Bertz CT molecular complexity index is 1170. The monoisotopic (exact) mass is 593 g/mol. The average molecular weight is 594 g/mol. The fraction of sp³-hybridized carbons (Fsp3) is 0.710. The third kappa shape index (κ3) is 9.81. The molecule has 232 valence electrons. The Morgan fingerprint density at radius 3 is 2.17 bits per heavy atom. The molecule has 1 aromatic rings. The molecule has 1 aliphatic rings. The predicted octanol–water partition coefficient (Wildman–Crippen LogP) is 4.42. The molecular formula is C31H51N3O6S. The zero-order valence-corrected chi connectivity index (χ0v) is 27.2. The molecular weight excluding hydrogens is 542 g/mol. The minimum Gasteiger partial charge on any atom is -0.460 e. The van der Waals surface area contributed by atoms with Gasteiger partial charge in [-0.3, -0.25) is 14.4 Å². The Hall–Kier alpha value is -2.46. The number of nitrogens with zero attached hydrogens (tertiary/aromatic N) is 1. The fourth-order valence-corrected chi connectivity index (χ4v) is 7.65. The topological polar surface area (TPSA) is 122 Å². The third-order valence-electron chi connectivity index (χ3n) is 7.41. The van der Waals surface area contributed by atoms with Crippen LogP contribution < -0.4 is 10.6 Å². The number of aryl methyl sites for hydroxylation is 3. The largest absolute Gasteiger partial charge is 0.460 e. The van der Waals surface area contributed by atoms with Crippen molar-refractivity contribution in [1.82, 2.24) is 14.9 Å². The van der Waals surface area contributed by atoms with E-state index in [4.69, 9.17) is 4.74 Å². The Labute approximate surface area is 247 Å². The number of nitrogens with one attached hydrogen (secondary N) is 2. The number of hydrogen-bond donors (Lipinski definition) is 2. The molecule has 2 amide bonds. The van der Waals surface area contributed by atoms with Gasteiger partial charge < -0.3 is 15.4 Å². The molecule has 0 spiro atoms. The summed E-state index contributed by atoms with van der Waals surface area (Å²) in [4.78, 5) is 40.2. The van der Waals surface area contributed by atoms with Crippen molar-refractivity contribution in [2.75, 3.05) is 20.1 Å². The van der Waals surface area contributed by atoms with E-state index in [-0.39, 0.29) is 37.2 Å².